The maximum absolute atomic E-state index is 12.5. The molecule has 0 aromatic heterocycles. The van der Waals surface area contributed by atoms with Crippen LogP contribution in [0.4, 0.5) is 0 Å². The Morgan fingerprint density at radius 1 is 1.17 bits per heavy atom. The van der Waals surface area contributed by atoms with Crippen molar-refractivity contribution < 1.29 is 23.7 Å². The molecule has 1 aliphatic rings. The number of fused-ring (bicyclic) bond motifs is 1. The Balaban J connectivity index is 1.68. The van der Waals surface area contributed by atoms with E-state index in [2.05, 4.69) is 31.3 Å². The van der Waals surface area contributed by atoms with Gasteiger partial charge in [-0.2, -0.15) is 5.10 Å². The third kappa shape index (κ3) is 4.62. The largest absolute Gasteiger partial charge is 0.493 e. The van der Waals surface area contributed by atoms with E-state index >= 15 is 0 Å². The third-order valence-electron chi connectivity index (χ3n) is 4.57. The summed E-state index contributed by atoms with van der Waals surface area (Å²) in [6.45, 7) is 6.46. The minimum absolute atomic E-state index is 0.0340. The molecule has 0 unspecified atom stereocenters. The molecular formula is C22H26N2O5. The molecule has 1 heterocycles. The number of amides is 1. The standard InChI is InChI=1S/C22H26N2O5/c1-22(2,3)15-9-10-16-18(11-15)29-19(13-28-16)21(25)24-23-12-14-7-6-8-17(26-4)20(14)27-5/h6-12,19H,13H2,1-5H3,(H,24,25)/b23-12+/t19-/m1/s1. The van der Waals surface area contributed by atoms with E-state index in [1.807, 2.05) is 30.3 Å². The Kier molecular flexibility index (Phi) is 5.96. The topological polar surface area (TPSA) is 78.4 Å². The van der Waals surface area contributed by atoms with E-state index < -0.39 is 12.0 Å². The molecule has 154 valence electrons. The lowest BCUT2D eigenvalue weighted by molar-refractivity contribution is -0.130. The van der Waals surface area contributed by atoms with Gasteiger partial charge in [0.05, 0.1) is 20.4 Å². The quantitative estimate of drug-likeness (QED) is 0.618. The zero-order valence-corrected chi connectivity index (χ0v) is 17.3. The van der Waals surface area contributed by atoms with Gasteiger partial charge in [-0.1, -0.05) is 32.9 Å². The second-order valence-electron chi connectivity index (χ2n) is 7.65. The van der Waals surface area contributed by atoms with Crippen molar-refractivity contribution >= 4 is 12.1 Å². The van der Waals surface area contributed by atoms with Crippen molar-refractivity contribution in [2.24, 2.45) is 5.10 Å². The zero-order valence-electron chi connectivity index (χ0n) is 17.3. The molecule has 7 heteroatoms. The maximum Gasteiger partial charge on any atom is 0.284 e. The molecule has 2 aromatic rings. The summed E-state index contributed by atoms with van der Waals surface area (Å²) < 4.78 is 22.1. The first-order valence-corrected chi connectivity index (χ1v) is 9.31. The van der Waals surface area contributed by atoms with Crippen LogP contribution >= 0.6 is 0 Å². The highest BCUT2D eigenvalue weighted by atomic mass is 16.6. The molecule has 3 rings (SSSR count). The van der Waals surface area contributed by atoms with Crippen LogP contribution in [0.3, 0.4) is 0 Å². The van der Waals surface area contributed by atoms with Gasteiger partial charge in [0.2, 0.25) is 6.10 Å². The molecule has 0 saturated heterocycles. The lowest BCUT2D eigenvalue weighted by atomic mass is 9.87. The van der Waals surface area contributed by atoms with Crippen LogP contribution in [0.25, 0.3) is 0 Å². The van der Waals surface area contributed by atoms with Crippen molar-refractivity contribution in [2.75, 3.05) is 20.8 Å². The highest BCUT2D eigenvalue weighted by Gasteiger charge is 2.28. The van der Waals surface area contributed by atoms with E-state index in [1.165, 1.54) is 6.21 Å². The molecule has 0 saturated carbocycles. The summed E-state index contributed by atoms with van der Waals surface area (Å²) >= 11 is 0. The normalized spacial score (nSPS) is 15.8. The van der Waals surface area contributed by atoms with Crippen molar-refractivity contribution in [2.45, 2.75) is 32.3 Å². The molecule has 7 nitrogen and oxygen atoms in total. The molecule has 0 fully saturated rings. The Morgan fingerprint density at radius 2 is 1.97 bits per heavy atom. The highest BCUT2D eigenvalue weighted by molar-refractivity contribution is 5.87. The van der Waals surface area contributed by atoms with Crippen LogP contribution in [0, 0.1) is 0 Å². The monoisotopic (exact) mass is 398 g/mol. The number of carbonyl (C=O) groups excluding carboxylic acids is 1. The fourth-order valence-electron chi connectivity index (χ4n) is 2.92. The predicted octanol–water partition coefficient (Wildman–Crippen LogP) is 3.29. The molecule has 0 radical (unpaired) electrons. The Bertz CT molecular complexity index is 918. The number of ether oxygens (including phenoxy) is 4. The van der Waals surface area contributed by atoms with Gasteiger partial charge in [0.1, 0.15) is 6.61 Å². The predicted molar refractivity (Wildman–Crippen MR) is 110 cm³/mol. The average Bonchev–Trinajstić information content (AvgIpc) is 2.71. The molecule has 0 aliphatic carbocycles. The minimum Gasteiger partial charge on any atom is -0.493 e. The number of hydrogen-bond acceptors (Lipinski definition) is 6. The van der Waals surface area contributed by atoms with Gasteiger partial charge in [0, 0.05) is 5.56 Å². The lowest BCUT2D eigenvalue weighted by Crippen LogP contribution is -2.42. The average molecular weight is 398 g/mol. The van der Waals surface area contributed by atoms with Crippen LogP contribution in [-0.2, 0) is 10.2 Å². The first kappa shape index (κ1) is 20.5. The van der Waals surface area contributed by atoms with Crippen LogP contribution < -0.4 is 24.4 Å². The van der Waals surface area contributed by atoms with Gasteiger partial charge < -0.3 is 18.9 Å². The SMILES string of the molecule is COc1cccc(/C=N/NC(=O)[C@H]2COc3ccc(C(C)(C)C)cc3O2)c1OC. The van der Waals surface area contributed by atoms with E-state index in [0.717, 1.165) is 5.56 Å². The molecule has 0 bridgehead atoms. The number of carbonyl (C=O) groups is 1. The van der Waals surface area contributed by atoms with Crippen molar-refractivity contribution in [1.29, 1.82) is 0 Å². The van der Waals surface area contributed by atoms with Crippen molar-refractivity contribution in [3.05, 3.63) is 47.5 Å². The van der Waals surface area contributed by atoms with Gasteiger partial charge >= 0.3 is 0 Å². The van der Waals surface area contributed by atoms with Crippen LogP contribution in [-0.4, -0.2) is 39.1 Å². The van der Waals surface area contributed by atoms with Gasteiger partial charge in [-0.05, 0) is 35.2 Å². The van der Waals surface area contributed by atoms with E-state index in [1.54, 1.807) is 20.3 Å². The van der Waals surface area contributed by atoms with E-state index in [9.17, 15) is 4.79 Å². The van der Waals surface area contributed by atoms with E-state index in [4.69, 9.17) is 18.9 Å². The number of hydrazone groups is 1. The van der Waals surface area contributed by atoms with Gasteiger partial charge in [0.25, 0.3) is 5.91 Å². The molecule has 29 heavy (non-hydrogen) atoms. The van der Waals surface area contributed by atoms with Gasteiger partial charge in [0.15, 0.2) is 23.0 Å². The van der Waals surface area contributed by atoms with Crippen LogP contribution in [0.15, 0.2) is 41.5 Å². The molecule has 2 aromatic carbocycles. The number of para-hydroxylation sites is 1. The van der Waals surface area contributed by atoms with Gasteiger partial charge in [-0.25, -0.2) is 5.43 Å². The summed E-state index contributed by atoms with van der Waals surface area (Å²) in [5, 5.41) is 4.02. The summed E-state index contributed by atoms with van der Waals surface area (Å²) in [6.07, 6.45) is 0.705. The molecule has 1 atom stereocenters. The van der Waals surface area contributed by atoms with Crippen molar-refractivity contribution in [3.63, 3.8) is 0 Å². The molecule has 0 spiro atoms. The maximum atomic E-state index is 12.5. The summed E-state index contributed by atoms with van der Waals surface area (Å²) in [5.74, 6) is 1.91. The van der Waals surface area contributed by atoms with Gasteiger partial charge in [-0.15, -0.1) is 0 Å². The Morgan fingerprint density at radius 3 is 2.66 bits per heavy atom. The van der Waals surface area contributed by atoms with Crippen LogP contribution in [0.2, 0.25) is 0 Å². The molecule has 1 aliphatic heterocycles. The number of benzene rings is 2. The smallest absolute Gasteiger partial charge is 0.284 e. The van der Waals surface area contributed by atoms with E-state index in [-0.39, 0.29) is 12.0 Å². The third-order valence-corrected chi connectivity index (χ3v) is 4.57. The number of methoxy groups -OCH3 is 2. The fourth-order valence-corrected chi connectivity index (χ4v) is 2.92. The zero-order chi connectivity index (χ0) is 21.0. The second-order valence-corrected chi connectivity index (χ2v) is 7.65. The summed E-state index contributed by atoms with van der Waals surface area (Å²) in [6, 6.07) is 11.2. The second kappa shape index (κ2) is 8.43. The summed E-state index contributed by atoms with van der Waals surface area (Å²) in [7, 11) is 3.11. The fraction of sp³-hybridized carbons (Fsp3) is 0.364. The lowest BCUT2D eigenvalue weighted by Gasteiger charge is -2.27. The van der Waals surface area contributed by atoms with Crippen LogP contribution in [0.1, 0.15) is 31.9 Å². The number of rotatable bonds is 5. The van der Waals surface area contributed by atoms with E-state index in [0.29, 0.717) is 28.6 Å². The van der Waals surface area contributed by atoms with Crippen molar-refractivity contribution in [3.8, 4) is 23.0 Å². The number of nitrogens with one attached hydrogen (secondary N) is 1. The highest BCUT2D eigenvalue weighted by Crippen LogP contribution is 2.36. The summed E-state index contributed by atoms with van der Waals surface area (Å²) in [4.78, 5) is 12.5. The minimum atomic E-state index is -0.790. The number of nitrogens with zero attached hydrogens (tertiary/aromatic N) is 1. The summed E-state index contributed by atoms with van der Waals surface area (Å²) in [5.41, 5.74) is 4.24. The Labute approximate surface area is 170 Å². The number of hydrogen-bond donors (Lipinski definition) is 1. The van der Waals surface area contributed by atoms with Crippen LogP contribution in [0.5, 0.6) is 23.0 Å². The molecule has 1 N–H and O–H groups in total. The van der Waals surface area contributed by atoms with Gasteiger partial charge in [-0.3, -0.25) is 4.79 Å². The Hall–Kier alpha value is -3.22. The first-order chi connectivity index (χ1) is 13.8. The first-order valence-electron chi connectivity index (χ1n) is 9.31. The molecular weight excluding hydrogens is 372 g/mol. The molecule has 1 amide bonds. The van der Waals surface area contributed by atoms with Crippen molar-refractivity contribution in [1.82, 2.24) is 5.43 Å².